The van der Waals surface area contributed by atoms with Gasteiger partial charge in [0.05, 0.1) is 6.04 Å². The normalized spacial score (nSPS) is 27.8. The quantitative estimate of drug-likeness (QED) is 0.458. The zero-order valence-corrected chi connectivity index (χ0v) is 7.57. The lowest BCUT2D eigenvalue weighted by Gasteiger charge is -2.34. The highest BCUT2D eigenvalue weighted by molar-refractivity contribution is 5.87. The largest absolute Gasteiger partial charge is 0.328 e. The Kier molecular flexibility index (Phi) is 3.10. The second-order valence-corrected chi connectivity index (χ2v) is 3.20. The molecule has 2 N–H and O–H groups in total. The molecule has 3 heteroatoms. The van der Waals surface area contributed by atoms with Crippen molar-refractivity contribution >= 4 is 5.91 Å². The molecule has 0 spiro atoms. The summed E-state index contributed by atoms with van der Waals surface area (Å²) in [6.45, 7) is 4.07. The Balaban J connectivity index is 2.69. The van der Waals surface area contributed by atoms with E-state index in [9.17, 15) is 4.79 Å². The Labute approximate surface area is 78.6 Å². The summed E-state index contributed by atoms with van der Waals surface area (Å²) in [5.74, 6) is 2.47. The molecule has 1 rings (SSSR count). The predicted molar refractivity (Wildman–Crippen MR) is 51.7 cm³/mol. The zero-order valence-electron chi connectivity index (χ0n) is 7.57. The van der Waals surface area contributed by atoms with Gasteiger partial charge in [-0.05, 0) is 18.9 Å². The van der Waals surface area contributed by atoms with E-state index in [-0.39, 0.29) is 18.0 Å². The van der Waals surface area contributed by atoms with Crippen LogP contribution in [0.3, 0.4) is 0 Å². The lowest BCUT2D eigenvalue weighted by Crippen LogP contribution is -2.48. The van der Waals surface area contributed by atoms with E-state index < -0.39 is 0 Å². The van der Waals surface area contributed by atoms with Crippen LogP contribution in [0.4, 0.5) is 0 Å². The van der Waals surface area contributed by atoms with Crippen LogP contribution in [0.5, 0.6) is 0 Å². The summed E-state index contributed by atoms with van der Waals surface area (Å²) in [5.41, 5.74) is 5.75. The summed E-state index contributed by atoms with van der Waals surface area (Å²) in [7, 11) is 0. The van der Waals surface area contributed by atoms with Gasteiger partial charge in [-0.1, -0.05) is 12.5 Å². The van der Waals surface area contributed by atoms with Crippen LogP contribution in [0.15, 0.2) is 12.7 Å². The molecule has 3 nitrogen and oxygen atoms in total. The van der Waals surface area contributed by atoms with Gasteiger partial charge in [0.25, 0.3) is 0 Å². The molecule has 13 heavy (non-hydrogen) atoms. The molecule has 0 radical (unpaired) electrons. The number of hydrogen-bond donors (Lipinski definition) is 1. The molecule has 70 valence electrons. The topological polar surface area (TPSA) is 46.3 Å². The first kappa shape index (κ1) is 9.82. The number of nitrogens with two attached hydrogens (primary N) is 1. The molecule has 2 atom stereocenters. The van der Waals surface area contributed by atoms with Crippen LogP contribution in [0.25, 0.3) is 0 Å². The minimum absolute atomic E-state index is 0.102. The first-order valence-corrected chi connectivity index (χ1v) is 4.33. The number of terminal acetylenes is 1. The van der Waals surface area contributed by atoms with Gasteiger partial charge in [-0.3, -0.25) is 4.79 Å². The van der Waals surface area contributed by atoms with E-state index in [1.54, 1.807) is 4.90 Å². The second-order valence-electron chi connectivity index (χ2n) is 3.20. The first-order valence-electron chi connectivity index (χ1n) is 4.33. The molecular weight excluding hydrogens is 164 g/mol. The fourth-order valence-electron chi connectivity index (χ4n) is 1.53. The Morgan fingerprint density at radius 1 is 1.77 bits per heavy atom. The van der Waals surface area contributed by atoms with Crippen LogP contribution in [0.1, 0.15) is 12.8 Å². The van der Waals surface area contributed by atoms with Crippen LogP contribution >= 0.6 is 0 Å². The second kappa shape index (κ2) is 4.11. The molecule has 1 amide bonds. The van der Waals surface area contributed by atoms with Gasteiger partial charge in [0.15, 0.2) is 0 Å². The zero-order chi connectivity index (χ0) is 9.84. The van der Waals surface area contributed by atoms with Crippen molar-refractivity contribution < 1.29 is 4.79 Å². The monoisotopic (exact) mass is 178 g/mol. The molecule has 1 heterocycles. The van der Waals surface area contributed by atoms with Crippen LogP contribution in [-0.2, 0) is 4.79 Å². The van der Waals surface area contributed by atoms with Crippen molar-refractivity contribution in [2.24, 2.45) is 5.73 Å². The Morgan fingerprint density at radius 3 is 3.00 bits per heavy atom. The maximum atomic E-state index is 11.3. The summed E-state index contributed by atoms with van der Waals surface area (Å²) >= 11 is 0. The fourth-order valence-corrected chi connectivity index (χ4v) is 1.53. The summed E-state index contributed by atoms with van der Waals surface area (Å²) in [6, 6.07) is -0.0378. The van der Waals surface area contributed by atoms with Crippen LogP contribution < -0.4 is 5.73 Å². The average Bonchev–Trinajstić information content (AvgIpc) is 2.16. The molecule has 1 aliphatic heterocycles. The van der Waals surface area contributed by atoms with Crippen LogP contribution in [0.2, 0.25) is 0 Å². The minimum Gasteiger partial charge on any atom is -0.328 e. The number of carbonyl (C=O) groups excluding carboxylic acids is 1. The maximum absolute atomic E-state index is 11.3. The number of carbonyl (C=O) groups is 1. The van der Waals surface area contributed by atoms with Crippen LogP contribution in [0, 0.1) is 12.3 Å². The van der Waals surface area contributed by atoms with Crippen LogP contribution in [-0.4, -0.2) is 29.4 Å². The molecule has 1 saturated heterocycles. The summed E-state index contributed by atoms with van der Waals surface area (Å²) < 4.78 is 0. The van der Waals surface area contributed by atoms with Gasteiger partial charge in [0.1, 0.15) is 0 Å². The first-order chi connectivity index (χ1) is 6.19. The third kappa shape index (κ3) is 2.10. The highest BCUT2D eigenvalue weighted by Gasteiger charge is 2.27. The number of rotatable bonds is 1. The van der Waals surface area contributed by atoms with Gasteiger partial charge in [-0.2, -0.15) is 0 Å². The summed E-state index contributed by atoms with van der Waals surface area (Å²) in [6.07, 6.45) is 8.12. The van der Waals surface area contributed by atoms with E-state index in [2.05, 4.69) is 12.5 Å². The maximum Gasteiger partial charge on any atom is 0.246 e. The van der Waals surface area contributed by atoms with Crippen molar-refractivity contribution in [2.75, 3.05) is 6.54 Å². The lowest BCUT2D eigenvalue weighted by atomic mass is 9.98. The highest BCUT2D eigenvalue weighted by Crippen LogP contribution is 2.15. The van der Waals surface area contributed by atoms with Gasteiger partial charge in [0, 0.05) is 12.6 Å². The third-order valence-corrected chi connectivity index (χ3v) is 2.29. The van der Waals surface area contributed by atoms with E-state index in [1.165, 1.54) is 6.08 Å². The van der Waals surface area contributed by atoms with E-state index >= 15 is 0 Å². The van der Waals surface area contributed by atoms with E-state index in [0.717, 1.165) is 6.42 Å². The molecule has 0 bridgehead atoms. The van der Waals surface area contributed by atoms with Gasteiger partial charge >= 0.3 is 0 Å². The molecule has 1 fully saturated rings. The molecular formula is C10H14N2O. The van der Waals surface area contributed by atoms with Crippen molar-refractivity contribution in [2.45, 2.75) is 24.9 Å². The van der Waals surface area contributed by atoms with Gasteiger partial charge < -0.3 is 10.6 Å². The molecule has 2 unspecified atom stereocenters. The molecule has 0 aromatic rings. The highest BCUT2D eigenvalue weighted by atomic mass is 16.2. The van der Waals surface area contributed by atoms with Crippen molar-refractivity contribution in [1.82, 2.24) is 4.90 Å². The Bertz CT molecular complexity index is 254. The van der Waals surface area contributed by atoms with E-state index in [0.29, 0.717) is 13.0 Å². The average molecular weight is 178 g/mol. The fraction of sp³-hybridized carbons (Fsp3) is 0.500. The van der Waals surface area contributed by atoms with E-state index in [1.807, 2.05) is 0 Å². The number of amides is 1. The molecule has 0 aromatic heterocycles. The van der Waals surface area contributed by atoms with Crippen molar-refractivity contribution in [3.05, 3.63) is 12.7 Å². The summed E-state index contributed by atoms with van der Waals surface area (Å²) in [5, 5.41) is 0. The smallest absolute Gasteiger partial charge is 0.246 e. The standard InChI is InChI=1S/C10H14N2O/c1-3-9-7-8(11)5-6-12(9)10(13)4-2/h1,4,8-9H,2,5-7,11H2. The molecule has 0 aromatic carbocycles. The molecule has 0 aliphatic carbocycles. The van der Waals surface area contributed by atoms with Crippen molar-refractivity contribution in [1.29, 1.82) is 0 Å². The van der Waals surface area contributed by atoms with Gasteiger partial charge in [-0.25, -0.2) is 0 Å². The number of likely N-dealkylation sites (tertiary alicyclic amines) is 1. The Hall–Kier alpha value is -1.27. The third-order valence-electron chi connectivity index (χ3n) is 2.29. The Morgan fingerprint density at radius 2 is 2.46 bits per heavy atom. The number of nitrogens with zero attached hydrogens (tertiary/aromatic N) is 1. The van der Waals surface area contributed by atoms with E-state index in [4.69, 9.17) is 12.2 Å². The lowest BCUT2D eigenvalue weighted by molar-refractivity contribution is -0.128. The van der Waals surface area contributed by atoms with Gasteiger partial charge in [0.2, 0.25) is 5.91 Å². The summed E-state index contributed by atoms with van der Waals surface area (Å²) in [4.78, 5) is 13.0. The minimum atomic E-state index is -0.158. The molecule has 1 aliphatic rings. The molecule has 0 saturated carbocycles. The van der Waals surface area contributed by atoms with Gasteiger partial charge in [-0.15, -0.1) is 6.42 Å². The number of hydrogen-bond acceptors (Lipinski definition) is 2. The number of piperidine rings is 1. The SMILES string of the molecule is C#CC1CC(N)CCN1C(=O)C=C. The van der Waals surface area contributed by atoms with Crippen molar-refractivity contribution in [3.63, 3.8) is 0 Å². The van der Waals surface area contributed by atoms with Crippen molar-refractivity contribution in [3.8, 4) is 12.3 Å². The predicted octanol–water partition coefficient (Wildman–Crippen LogP) is 0.124.